The Kier molecular flexibility index (Phi) is 5.60. The van der Waals surface area contributed by atoms with E-state index >= 15 is 0 Å². The van der Waals surface area contributed by atoms with Gasteiger partial charge < -0.3 is 9.64 Å². The van der Waals surface area contributed by atoms with Crippen LogP contribution in [0.3, 0.4) is 0 Å². The number of hydrogen-bond acceptors (Lipinski definition) is 6. The Balaban J connectivity index is 1.27. The van der Waals surface area contributed by atoms with Crippen molar-refractivity contribution in [1.29, 1.82) is 0 Å². The average Bonchev–Trinajstić information content (AvgIpc) is 3.42. The van der Waals surface area contributed by atoms with Crippen LogP contribution in [0.5, 0.6) is 0 Å². The minimum absolute atomic E-state index is 0.0276. The van der Waals surface area contributed by atoms with Crippen LogP contribution >= 0.6 is 0 Å². The van der Waals surface area contributed by atoms with E-state index in [1.165, 1.54) is 0 Å². The zero-order valence-electron chi connectivity index (χ0n) is 18.7. The first-order chi connectivity index (χ1) is 16.0. The van der Waals surface area contributed by atoms with E-state index in [0.717, 1.165) is 33.7 Å². The molecule has 1 N–H and O–H groups in total. The molecule has 0 bridgehead atoms. The SMILES string of the molecule is Cc1[nH]nc(C(=O)Cc2cnc3c(c2)CC(c2ccc(C(=O)N4CCOCC4)cc2)=N3)c1C. The third-order valence-corrected chi connectivity index (χ3v) is 6.24. The van der Waals surface area contributed by atoms with Crippen LogP contribution in [0.2, 0.25) is 0 Å². The number of carbonyl (C=O) groups excluding carboxylic acids is 2. The van der Waals surface area contributed by atoms with Crippen LogP contribution < -0.4 is 0 Å². The lowest BCUT2D eigenvalue weighted by Gasteiger charge is -2.26. The topological polar surface area (TPSA) is 101 Å². The van der Waals surface area contributed by atoms with E-state index in [2.05, 4.69) is 20.2 Å². The summed E-state index contributed by atoms with van der Waals surface area (Å²) in [4.78, 5) is 36.3. The molecule has 0 radical (unpaired) electrons. The van der Waals surface area contributed by atoms with Gasteiger partial charge in [-0.1, -0.05) is 12.1 Å². The first kappa shape index (κ1) is 21.2. The Morgan fingerprint density at radius 2 is 1.88 bits per heavy atom. The average molecular weight is 444 g/mol. The quantitative estimate of drug-likeness (QED) is 0.611. The second-order valence-electron chi connectivity index (χ2n) is 8.47. The van der Waals surface area contributed by atoms with E-state index in [1.54, 1.807) is 6.20 Å². The number of ketones is 1. The number of morpholine rings is 1. The molecule has 33 heavy (non-hydrogen) atoms. The van der Waals surface area contributed by atoms with Crippen molar-refractivity contribution in [2.45, 2.75) is 26.7 Å². The van der Waals surface area contributed by atoms with Crippen LogP contribution in [-0.4, -0.2) is 63.8 Å². The summed E-state index contributed by atoms with van der Waals surface area (Å²) in [7, 11) is 0. The van der Waals surface area contributed by atoms with Crippen molar-refractivity contribution < 1.29 is 14.3 Å². The predicted octanol–water partition coefficient (Wildman–Crippen LogP) is 3.00. The zero-order chi connectivity index (χ0) is 22.9. The second kappa shape index (κ2) is 8.71. The highest BCUT2D eigenvalue weighted by Gasteiger charge is 2.22. The molecule has 0 saturated carbocycles. The fourth-order valence-electron chi connectivity index (χ4n) is 4.17. The molecular formula is C25H25N5O3. The molecule has 2 aromatic heterocycles. The van der Waals surface area contributed by atoms with Crippen molar-refractivity contribution in [3.05, 3.63) is 75.7 Å². The van der Waals surface area contributed by atoms with Crippen molar-refractivity contribution in [2.24, 2.45) is 4.99 Å². The number of aromatic amines is 1. The molecule has 3 aromatic rings. The maximum Gasteiger partial charge on any atom is 0.254 e. The molecule has 0 atom stereocenters. The smallest absolute Gasteiger partial charge is 0.254 e. The molecule has 1 fully saturated rings. The molecular weight excluding hydrogens is 418 g/mol. The molecule has 8 nitrogen and oxygen atoms in total. The van der Waals surface area contributed by atoms with Gasteiger partial charge in [0.05, 0.1) is 18.9 Å². The summed E-state index contributed by atoms with van der Waals surface area (Å²) in [6.45, 7) is 6.21. The number of H-pyrrole nitrogens is 1. The number of amides is 1. The molecule has 4 heterocycles. The molecule has 0 spiro atoms. The Morgan fingerprint density at radius 3 is 2.58 bits per heavy atom. The van der Waals surface area contributed by atoms with E-state index in [-0.39, 0.29) is 18.1 Å². The van der Waals surface area contributed by atoms with Gasteiger partial charge in [-0.25, -0.2) is 9.98 Å². The zero-order valence-corrected chi connectivity index (χ0v) is 18.7. The first-order valence-electron chi connectivity index (χ1n) is 11.1. The van der Waals surface area contributed by atoms with Gasteiger partial charge in [-0.05, 0) is 43.2 Å². The molecule has 168 valence electrons. The number of fused-ring (bicyclic) bond motifs is 1. The molecule has 5 rings (SSSR count). The Morgan fingerprint density at radius 1 is 1.12 bits per heavy atom. The predicted molar refractivity (Wildman–Crippen MR) is 123 cm³/mol. The summed E-state index contributed by atoms with van der Waals surface area (Å²) in [5.74, 6) is 0.680. The van der Waals surface area contributed by atoms with Gasteiger partial charge in [-0.15, -0.1) is 0 Å². The summed E-state index contributed by atoms with van der Waals surface area (Å²) in [6.07, 6.45) is 2.60. The molecule has 2 aliphatic rings. The van der Waals surface area contributed by atoms with Crippen molar-refractivity contribution in [2.75, 3.05) is 26.3 Å². The van der Waals surface area contributed by atoms with Gasteiger partial charge in [-0.2, -0.15) is 5.10 Å². The number of Topliss-reactive ketones (excluding diaryl/α,β-unsaturated/α-hetero) is 1. The van der Waals surface area contributed by atoms with Crippen molar-refractivity contribution in [3.63, 3.8) is 0 Å². The van der Waals surface area contributed by atoms with E-state index < -0.39 is 0 Å². The second-order valence-corrected chi connectivity index (χ2v) is 8.47. The van der Waals surface area contributed by atoms with Crippen LogP contribution in [0.25, 0.3) is 0 Å². The monoisotopic (exact) mass is 443 g/mol. The van der Waals surface area contributed by atoms with Crippen molar-refractivity contribution >= 4 is 23.2 Å². The number of nitrogens with one attached hydrogen (secondary N) is 1. The fraction of sp³-hybridized carbons (Fsp3) is 0.320. The number of ether oxygens (including phenoxy) is 1. The van der Waals surface area contributed by atoms with Gasteiger partial charge in [0.15, 0.2) is 11.6 Å². The van der Waals surface area contributed by atoms with Gasteiger partial charge >= 0.3 is 0 Å². The number of pyridine rings is 1. The van der Waals surface area contributed by atoms with Gasteiger partial charge in [0, 0.05) is 54.5 Å². The van der Waals surface area contributed by atoms with E-state index in [0.29, 0.717) is 49.8 Å². The summed E-state index contributed by atoms with van der Waals surface area (Å²) in [5, 5.41) is 7.00. The van der Waals surface area contributed by atoms with Crippen LogP contribution in [-0.2, 0) is 17.6 Å². The summed E-state index contributed by atoms with van der Waals surface area (Å²) in [5.41, 5.74) is 6.66. The van der Waals surface area contributed by atoms with E-state index in [4.69, 9.17) is 4.74 Å². The first-order valence-corrected chi connectivity index (χ1v) is 11.1. The molecule has 1 saturated heterocycles. The van der Waals surface area contributed by atoms with Crippen molar-refractivity contribution in [3.8, 4) is 0 Å². The Labute approximate surface area is 191 Å². The maximum atomic E-state index is 12.7. The third kappa shape index (κ3) is 4.21. The van der Waals surface area contributed by atoms with Gasteiger partial charge in [0.25, 0.3) is 5.91 Å². The normalized spacial score (nSPS) is 15.3. The molecule has 1 amide bonds. The van der Waals surface area contributed by atoms with Crippen LogP contribution in [0, 0.1) is 13.8 Å². The third-order valence-electron chi connectivity index (χ3n) is 6.24. The summed E-state index contributed by atoms with van der Waals surface area (Å²) in [6, 6.07) is 9.58. The highest BCUT2D eigenvalue weighted by Crippen LogP contribution is 2.28. The van der Waals surface area contributed by atoms with E-state index in [9.17, 15) is 9.59 Å². The highest BCUT2D eigenvalue weighted by molar-refractivity contribution is 6.07. The van der Waals surface area contributed by atoms with Gasteiger partial charge in [0.1, 0.15) is 5.69 Å². The minimum Gasteiger partial charge on any atom is -0.378 e. The lowest BCUT2D eigenvalue weighted by molar-refractivity contribution is 0.0303. The Hall–Kier alpha value is -3.65. The van der Waals surface area contributed by atoms with Gasteiger partial charge in [0.2, 0.25) is 0 Å². The lowest BCUT2D eigenvalue weighted by Crippen LogP contribution is -2.40. The number of nitrogens with zero attached hydrogens (tertiary/aromatic N) is 4. The number of aliphatic imine (C=N–C) groups is 1. The fourth-order valence-corrected chi connectivity index (χ4v) is 4.17. The number of hydrogen-bond donors (Lipinski definition) is 1. The maximum absolute atomic E-state index is 12.7. The van der Waals surface area contributed by atoms with Crippen LogP contribution in [0.4, 0.5) is 5.82 Å². The van der Waals surface area contributed by atoms with Crippen LogP contribution in [0.1, 0.15) is 48.8 Å². The molecule has 2 aliphatic heterocycles. The molecule has 0 unspecified atom stereocenters. The van der Waals surface area contributed by atoms with Gasteiger partial charge in [-0.3, -0.25) is 14.7 Å². The Bertz CT molecular complexity index is 1250. The van der Waals surface area contributed by atoms with E-state index in [1.807, 2.05) is 49.1 Å². The number of aryl methyl sites for hydroxylation is 1. The van der Waals surface area contributed by atoms with Crippen LogP contribution in [0.15, 0.2) is 41.5 Å². The number of aromatic nitrogens is 3. The number of rotatable bonds is 5. The minimum atomic E-state index is -0.0294. The highest BCUT2D eigenvalue weighted by atomic mass is 16.5. The molecule has 8 heteroatoms. The summed E-state index contributed by atoms with van der Waals surface area (Å²) >= 11 is 0. The van der Waals surface area contributed by atoms with Crippen molar-refractivity contribution in [1.82, 2.24) is 20.1 Å². The number of benzene rings is 1. The number of carbonyl (C=O) groups is 2. The molecule has 1 aromatic carbocycles. The standard InChI is InChI=1S/C25H25N5O3/c1-15-16(2)28-29-23(15)22(31)12-17-11-20-13-21(27-24(20)26-14-17)18-3-5-19(6-4-18)25(32)30-7-9-33-10-8-30/h3-6,11,14H,7-10,12-13H2,1-2H3,(H,28,29). The largest absolute Gasteiger partial charge is 0.378 e. The molecule has 0 aliphatic carbocycles. The summed E-state index contributed by atoms with van der Waals surface area (Å²) < 4.78 is 5.32. The lowest BCUT2D eigenvalue weighted by atomic mass is 10.0.